The maximum absolute atomic E-state index is 6.46. The normalized spacial score (nSPS) is 21.5. The van der Waals surface area contributed by atoms with Gasteiger partial charge in [-0.3, -0.25) is 0 Å². The van der Waals surface area contributed by atoms with E-state index in [0.29, 0.717) is 0 Å². The minimum Gasteiger partial charge on any atom is -0.399 e. The van der Waals surface area contributed by atoms with Gasteiger partial charge in [-0.25, -0.2) is 0 Å². The fourth-order valence-corrected chi connectivity index (χ4v) is 7.97. The van der Waals surface area contributed by atoms with Gasteiger partial charge in [0.05, 0.1) is 16.6 Å². The first-order chi connectivity index (χ1) is 18.8. The van der Waals surface area contributed by atoms with Crippen molar-refractivity contribution in [2.24, 2.45) is 0 Å². The zero-order valence-electron chi connectivity index (χ0n) is 22.6. The number of hydrogen-bond donors (Lipinski definition) is 0. The summed E-state index contributed by atoms with van der Waals surface area (Å²) in [5, 5.41) is 2.55. The average molecular weight is 524 g/mol. The zero-order chi connectivity index (χ0) is 26.6. The molecule has 2 nitrogen and oxygen atoms in total. The number of rotatable bonds is 1. The van der Waals surface area contributed by atoms with Crippen molar-refractivity contribution < 1.29 is 9.31 Å². The van der Waals surface area contributed by atoms with Crippen LogP contribution in [0, 0.1) is 0 Å². The lowest BCUT2D eigenvalue weighted by molar-refractivity contribution is 0.00578. The highest BCUT2D eigenvalue weighted by atomic mass is 32.2. The molecule has 3 aliphatic rings. The van der Waals surface area contributed by atoms with Gasteiger partial charge in [-0.1, -0.05) is 90.6 Å². The fraction of sp³-hybridized carbons (Fsp3) is 0.200. The highest BCUT2D eigenvalue weighted by Crippen LogP contribution is 2.62. The van der Waals surface area contributed by atoms with Crippen molar-refractivity contribution in [3.8, 4) is 11.1 Å². The van der Waals surface area contributed by atoms with Gasteiger partial charge >= 0.3 is 7.12 Å². The van der Waals surface area contributed by atoms with E-state index in [1.165, 1.54) is 53.9 Å². The van der Waals surface area contributed by atoms with Crippen LogP contribution in [0.3, 0.4) is 0 Å². The third-order valence-electron chi connectivity index (χ3n) is 9.36. The summed E-state index contributed by atoms with van der Waals surface area (Å²) in [6.45, 7) is 8.45. The quantitative estimate of drug-likeness (QED) is 0.203. The monoisotopic (exact) mass is 524 g/mol. The van der Waals surface area contributed by atoms with Crippen molar-refractivity contribution in [2.45, 2.75) is 54.1 Å². The Kier molecular flexibility index (Phi) is 4.76. The molecule has 2 aliphatic heterocycles. The smallest absolute Gasteiger partial charge is 0.399 e. The predicted molar refractivity (Wildman–Crippen MR) is 161 cm³/mol. The Balaban J connectivity index is 1.42. The average Bonchev–Trinajstić information content (AvgIpc) is 3.34. The molecule has 1 aliphatic carbocycles. The van der Waals surface area contributed by atoms with Gasteiger partial charge in [-0.05, 0) is 102 Å². The molecule has 0 amide bonds. The van der Waals surface area contributed by atoms with Crippen molar-refractivity contribution in [1.29, 1.82) is 0 Å². The summed E-state index contributed by atoms with van der Waals surface area (Å²) in [4.78, 5) is 2.56. The van der Waals surface area contributed by atoms with E-state index in [2.05, 4.69) is 131 Å². The summed E-state index contributed by atoms with van der Waals surface area (Å²) in [5.41, 5.74) is 7.97. The standard InChI is InChI=1S/C35H29BO2S/c1-33(2)34(3,4)38-36(37-33)24-17-18-29-32(21-24)39-31-16-10-9-15-28(31)35(29)27-14-8-7-13-25(27)26-19-22-11-5-6-12-23(22)20-30(26)35/h5-21H,1-4H3. The Morgan fingerprint density at radius 3 is 1.92 bits per heavy atom. The topological polar surface area (TPSA) is 18.5 Å². The number of benzene rings is 5. The molecule has 1 saturated heterocycles. The molecule has 5 aromatic rings. The third-order valence-corrected chi connectivity index (χ3v) is 10.5. The highest BCUT2D eigenvalue weighted by Gasteiger charge is 2.53. The SMILES string of the molecule is CC1(C)OB(c2ccc3c(c2)Sc2ccccc2C32c3ccccc3-c3cc4ccccc4cc32)OC1(C)C. The molecule has 1 spiro atoms. The van der Waals surface area contributed by atoms with Crippen LogP contribution in [-0.4, -0.2) is 18.3 Å². The molecule has 8 rings (SSSR count). The van der Waals surface area contributed by atoms with Gasteiger partial charge in [0.2, 0.25) is 0 Å². The second-order valence-electron chi connectivity index (χ2n) is 12.0. The van der Waals surface area contributed by atoms with Gasteiger partial charge in [0.1, 0.15) is 0 Å². The number of fused-ring (bicyclic) bond motifs is 10. The minimum absolute atomic E-state index is 0.376. The molecular weight excluding hydrogens is 495 g/mol. The summed E-state index contributed by atoms with van der Waals surface area (Å²) in [6.07, 6.45) is 0. The summed E-state index contributed by atoms with van der Waals surface area (Å²) >= 11 is 1.86. The van der Waals surface area contributed by atoms with Crippen LogP contribution in [0.1, 0.15) is 49.9 Å². The lowest BCUT2D eigenvalue weighted by atomic mass is 9.66. The molecular formula is C35H29BO2S. The van der Waals surface area contributed by atoms with Crippen LogP contribution in [0.25, 0.3) is 21.9 Å². The first-order valence-electron chi connectivity index (χ1n) is 13.7. The molecule has 0 aromatic heterocycles. The third kappa shape index (κ3) is 3.08. The lowest BCUT2D eigenvalue weighted by Gasteiger charge is -2.40. The summed E-state index contributed by atoms with van der Waals surface area (Å²) in [5.74, 6) is 0. The molecule has 39 heavy (non-hydrogen) atoms. The van der Waals surface area contributed by atoms with Gasteiger partial charge in [-0.15, -0.1) is 0 Å². The molecule has 0 radical (unpaired) electrons. The van der Waals surface area contributed by atoms with Gasteiger partial charge in [-0.2, -0.15) is 0 Å². The maximum Gasteiger partial charge on any atom is 0.494 e. The van der Waals surface area contributed by atoms with E-state index < -0.39 is 0 Å². The molecule has 0 saturated carbocycles. The molecule has 1 atom stereocenters. The summed E-state index contributed by atoms with van der Waals surface area (Å²) in [7, 11) is -0.388. The van der Waals surface area contributed by atoms with E-state index in [-0.39, 0.29) is 23.7 Å². The van der Waals surface area contributed by atoms with Gasteiger partial charge in [0.25, 0.3) is 0 Å². The van der Waals surface area contributed by atoms with Crippen LogP contribution in [0.15, 0.2) is 113 Å². The van der Waals surface area contributed by atoms with Crippen molar-refractivity contribution in [3.63, 3.8) is 0 Å². The van der Waals surface area contributed by atoms with E-state index in [4.69, 9.17) is 9.31 Å². The Bertz CT molecular complexity index is 1810. The highest BCUT2D eigenvalue weighted by molar-refractivity contribution is 7.99. The molecule has 0 N–H and O–H groups in total. The van der Waals surface area contributed by atoms with Crippen LogP contribution >= 0.6 is 11.8 Å². The van der Waals surface area contributed by atoms with Crippen LogP contribution in [0.2, 0.25) is 0 Å². The van der Waals surface area contributed by atoms with Crippen molar-refractivity contribution in [1.82, 2.24) is 0 Å². The Hall–Kier alpha value is -3.31. The maximum atomic E-state index is 6.46. The van der Waals surface area contributed by atoms with E-state index in [1.54, 1.807) is 0 Å². The minimum atomic E-state index is -0.388. The van der Waals surface area contributed by atoms with Crippen molar-refractivity contribution in [3.05, 3.63) is 125 Å². The zero-order valence-corrected chi connectivity index (χ0v) is 23.4. The lowest BCUT2D eigenvalue weighted by Crippen LogP contribution is -2.41. The molecule has 4 heteroatoms. The van der Waals surface area contributed by atoms with Crippen LogP contribution < -0.4 is 5.46 Å². The molecule has 5 aromatic carbocycles. The largest absolute Gasteiger partial charge is 0.494 e. The van der Waals surface area contributed by atoms with E-state index in [0.717, 1.165) is 5.46 Å². The second-order valence-corrected chi connectivity index (χ2v) is 13.1. The van der Waals surface area contributed by atoms with E-state index in [1.807, 2.05) is 11.8 Å². The summed E-state index contributed by atoms with van der Waals surface area (Å²) in [6, 6.07) is 38.3. The van der Waals surface area contributed by atoms with Crippen LogP contribution in [0.5, 0.6) is 0 Å². The fourth-order valence-electron chi connectivity index (χ4n) is 6.73. The molecule has 0 bridgehead atoms. The number of hydrogen-bond acceptors (Lipinski definition) is 3. The van der Waals surface area contributed by atoms with Gasteiger partial charge < -0.3 is 9.31 Å². The summed E-state index contributed by atoms with van der Waals surface area (Å²) < 4.78 is 12.9. The van der Waals surface area contributed by atoms with Gasteiger partial charge in [0, 0.05) is 9.79 Å². The van der Waals surface area contributed by atoms with Gasteiger partial charge in [0.15, 0.2) is 0 Å². The second kappa shape index (κ2) is 7.88. The Morgan fingerprint density at radius 1 is 0.538 bits per heavy atom. The van der Waals surface area contributed by atoms with Crippen LogP contribution in [-0.2, 0) is 14.7 Å². The van der Waals surface area contributed by atoms with E-state index in [9.17, 15) is 0 Å². The predicted octanol–water partition coefficient (Wildman–Crippen LogP) is 7.97. The molecule has 1 fully saturated rings. The Labute approximate surface area is 234 Å². The first kappa shape index (κ1) is 23.6. The first-order valence-corrected chi connectivity index (χ1v) is 14.5. The molecule has 1 unspecified atom stereocenters. The van der Waals surface area contributed by atoms with Crippen molar-refractivity contribution in [2.75, 3.05) is 0 Å². The molecule has 190 valence electrons. The van der Waals surface area contributed by atoms with E-state index >= 15 is 0 Å². The van der Waals surface area contributed by atoms with Crippen molar-refractivity contribution >= 4 is 35.1 Å². The van der Waals surface area contributed by atoms with Crippen LogP contribution in [0.4, 0.5) is 0 Å². The molecule has 2 heterocycles. The Morgan fingerprint density at radius 2 is 1.15 bits per heavy atom.